The molecule has 2 amide bonds. The summed E-state index contributed by atoms with van der Waals surface area (Å²) >= 11 is 0. The number of ether oxygens (including phenoxy) is 1. The molecule has 1 aromatic rings. The number of methoxy groups -OCH3 is 1. The Balaban J connectivity index is 1.89. The summed E-state index contributed by atoms with van der Waals surface area (Å²) in [5.41, 5.74) is 4.11. The van der Waals surface area contributed by atoms with Crippen LogP contribution in [0.3, 0.4) is 0 Å². The van der Waals surface area contributed by atoms with E-state index in [0.717, 1.165) is 5.56 Å². The molecule has 1 aromatic heterocycles. The fourth-order valence-electron chi connectivity index (χ4n) is 3.09. The quantitative estimate of drug-likeness (QED) is 0.759. The minimum atomic E-state index is -0.459. The van der Waals surface area contributed by atoms with Gasteiger partial charge in [-0.1, -0.05) is 6.07 Å². The topological polar surface area (TPSA) is 74.8 Å². The van der Waals surface area contributed by atoms with E-state index in [-0.39, 0.29) is 17.9 Å². The molecular weight excluding hydrogens is 272 g/mol. The van der Waals surface area contributed by atoms with Crippen LogP contribution in [0.1, 0.15) is 11.6 Å². The van der Waals surface area contributed by atoms with Crippen LogP contribution in [0.2, 0.25) is 0 Å². The Morgan fingerprint density at radius 3 is 2.86 bits per heavy atom. The van der Waals surface area contributed by atoms with E-state index >= 15 is 0 Å². The molecular formula is C14H18N4O3. The molecule has 2 aliphatic rings. The number of fused-ring (bicyclic) bond motifs is 1. The number of likely N-dealkylation sites (N-methyl/N-ethyl adjacent to an activating group) is 1. The first-order chi connectivity index (χ1) is 10.1. The number of hydrogen-bond donors (Lipinski definition) is 1. The maximum atomic E-state index is 12.6. The number of aromatic nitrogens is 1. The van der Waals surface area contributed by atoms with Crippen LogP contribution < -0.4 is 5.43 Å². The van der Waals surface area contributed by atoms with E-state index in [1.54, 1.807) is 31.6 Å². The van der Waals surface area contributed by atoms with Gasteiger partial charge in [0.2, 0.25) is 11.8 Å². The van der Waals surface area contributed by atoms with Gasteiger partial charge in [0.25, 0.3) is 0 Å². The summed E-state index contributed by atoms with van der Waals surface area (Å²) in [6.45, 7) is 0.653. The zero-order chi connectivity index (χ0) is 15.0. The molecule has 1 N–H and O–H groups in total. The van der Waals surface area contributed by atoms with E-state index in [1.807, 2.05) is 12.1 Å². The molecule has 0 aromatic carbocycles. The number of nitrogens with zero attached hydrogens (tertiary/aromatic N) is 3. The average molecular weight is 290 g/mol. The molecule has 2 saturated heterocycles. The second-order valence-electron chi connectivity index (χ2n) is 5.30. The number of carbonyl (C=O) groups is 2. The highest BCUT2D eigenvalue weighted by Gasteiger charge is 2.57. The fraction of sp³-hybridized carbons (Fsp3) is 0.500. The lowest BCUT2D eigenvalue weighted by atomic mass is 9.92. The highest BCUT2D eigenvalue weighted by Crippen LogP contribution is 2.38. The molecule has 3 heterocycles. The summed E-state index contributed by atoms with van der Waals surface area (Å²) in [5, 5.41) is 1.73. The molecule has 0 aliphatic carbocycles. The van der Waals surface area contributed by atoms with E-state index in [4.69, 9.17) is 4.74 Å². The second kappa shape index (κ2) is 5.51. The first-order valence-corrected chi connectivity index (χ1v) is 6.88. The largest absolute Gasteiger partial charge is 0.383 e. The van der Waals surface area contributed by atoms with Crippen molar-refractivity contribution in [3.8, 4) is 0 Å². The summed E-state index contributed by atoms with van der Waals surface area (Å²) in [6.07, 6.45) is 3.41. The molecule has 0 spiro atoms. The zero-order valence-electron chi connectivity index (χ0n) is 12.0. The lowest BCUT2D eigenvalue weighted by molar-refractivity contribution is -0.142. The van der Waals surface area contributed by atoms with Crippen LogP contribution in [-0.4, -0.2) is 60.1 Å². The fourth-order valence-corrected chi connectivity index (χ4v) is 3.09. The number of rotatable bonds is 4. The van der Waals surface area contributed by atoms with Crippen molar-refractivity contribution in [3.05, 3.63) is 30.1 Å². The number of carbonyl (C=O) groups excluding carboxylic acids is 2. The third kappa shape index (κ3) is 2.23. The molecule has 2 aliphatic heterocycles. The van der Waals surface area contributed by atoms with Crippen LogP contribution in [0, 0.1) is 5.92 Å². The van der Waals surface area contributed by atoms with Crippen LogP contribution >= 0.6 is 0 Å². The summed E-state index contributed by atoms with van der Waals surface area (Å²) in [6, 6.07) is 3.06. The molecule has 3 rings (SSSR count). The highest BCUT2D eigenvalue weighted by atomic mass is 16.5. The van der Waals surface area contributed by atoms with Crippen molar-refractivity contribution in [2.45, 2.75) is 12.1 Å². The Morgan fingerprint density at radius 1 is 1.38 bits per heavy atom. The molecule has 7 heteroatoms. The maximum absolute atomic E-state index is 12.6. The van der Waals surface area contributed by atoms with E-state index < -0.39 is 12.0 Å². The van der Waals surface area contributed by atoms with Crippen LogP contribution in [0.5, 0.6) is 0 Å². The van der Waals surface area contributed by atoms with Crippen molar-refractivity contribution in [1.29, 1.82) is 0 Å². The molecule has 21 heavy (non-hydrogen) atoms. The average Bonchev–Trinajstić information content (AvgIpc) is 2.96. The lowest BCUT2D eigenvalue weighted by Crippen LogP contribution is -2.43. The Labute approximate surface area is 122 Å². The highest BCUT2D eigenvalue weighted by molar-refractivity contribution is 6.07. The number of amides is 2. The van der Waals surface area contributed by atoms with Crippen molar-refractivity contribution >= 4 is 11.8 Å². The van der Waals surface area contributed by atoms with Gasteiger partial charge in [0.05, 0.1) is 25.1 Å². The SMILES string of the molecule is COCCN1C(=O)C2C(c3cccnc3)NN(C)C2C1=O. The lowest BCUT2D eigenvalue weighted by Gasteiger charge is -2.21. The molecule has 3 unspecified atom stereocenters. The summed E-state index contributed by atoms with van der Waals surface area (Å²) in [5.74, 6) is -0.722. The molecule has 112 valence electrons. The minimum absolute atomic E-state index is 0.146. The monoisotopic (exact) mass is 290 g/mol. The smallest absolute Gasteiger partial charge is 0.248 e. The first-order valence-electron chi connectivity index (χ1n) is 6.88. The summed E-state index contributed by atoms with van der Waals surface area (Å²) < 4.78 is 4.98. The molecule has 0 radical (unpaired) electrons. The predicted octanol–water partition coefficient (Wildman–Crippen LogP) is -0.427. The second-order valence-corrected chi connectivity index (χ2v) is 5.30. The Kier molecular flexibility index (Phi) is 3.71. The Morgan fingerprint density at radius 2 is 2.19 bits per heavy atom. The molecule has 2 fully saturated rings. The van der Waals surface area contributed by atoms with Gasteiger partial charge in [0.15, 0.2) is 0 Å². The standard InChI is InChI=1S/C14H18N4O3/c1-17-12-10(11(16-17)9-4-3-5-15-8-9)13(19)18(14(12)20)6-7-21-2/h3-5,8,10-12,16H,6-7H2,1-2H3. The van der Waals surface area contributed by atoms with Crippen molar-refractivity contribution in [1.82, 2.24) is 20.3 Å². The van der Waals surface area contributed by atoms with Gasteiger partial charge < -0.3 is 4.74 Å². The maximum Gasteiger partial charge on any atom is 0.248 e. The van der Waals surface area contributed by atoms with E-state index in [2.05, 4.69) is 10.4 Å². The normalized spacial score (nSPS) is 29.2. The summed E-state index contributed by atoms with van der Waals surface area (Å²) in [4.78, 5) is 30.4. The number of pyridine rings is 1. The number of likely N-dealkylation sites (tertiary alicyclic amines) is 1. The van der Waals surface area contributed by atoms with E-state index in [9.17, 15) is 9.59 Å². The van der Waals surface area contributed by atoms with Crippen molar-refractivity contribution in [2.24, 2.45) is 5.92 Å². The van der Waals surface area contributed by atoms with Gasteiger partial charge in [-0.2, -0.15) is 0 Å². The van der Waals surface area contributed by atoms with Crippen molar-refractivity contribution in [2.75, 3.05) is 27.3 Å². The van der Waals surface area contributed by atoms with Crippen LogP contribution in [0.25, 0.3) is 0 Å². The molecule has 7 nitrogen and oxygen atoms in total. The van der Waals surface area contributed by atoms with Crippen LogP contribution in [0.4, 0.5) is 0 Å². The number of nitrogens with one attached hydrogen (secondary N) is 1. The number of imide groups is 1. The van der Waals surface area contributed by atoms with Gasteiger partial charge in [-0.05, 0) is 11.6 Å². The molecule has 0 saturated carbocycles. The van der Waals surface area contributed by atoms with Gasteiger partial charge in [-0.15, -0.1) is 0 Å². The third-order valence-electron chi connectivity index (χ3n) is 4.09. The Bertz CT molecular complexity index is 550. The van der Waals surface area contributed by atoms with E-state index in [0.29, 0.717) is 13.2 Å². The summed E-state index contributed by atoms with van der Waals surface area (Å²) in [7, 11) is 3.34. The number of hydrazine groups is 1. The van der Waals surface area contributed by atoms with Gasteiger partial charge in [0.1, 0.15) is 6.04 Å². The van der Waals surface area contributed by atoms with Crippen LogP contribution in [-0.2, 0) is 14.3 Å². The first kappa shape index (κ1) is 14.1. The third-order valence-corrected chi connectivity index (χ3v) is 4.09. The van der Waals surface area contributed by atoms with Gasteiger partial charge in [-0.3, -0.25) is 19.5 Å². The van der Waals surface area contributed by atoms with Crippen LogP contribution in [0.15, 0.2) is 24.5 Å². The molecule has 0 bridgehead atoms. The molecule has 3 atom stereocenters. The zero-order valence-corrected chi connectivity index (χ0v) is 12.0. The van der Waals surface area contributed by atoms with Gasteiger partial charge >= 0.3 is 0 Å². The van der Waals surface area contributed by atoms with Crippen molar-refractivity contribution in [3.63, 3.8) is 0 Å². The Hall–Kier alpha value is -1.83. The van der Waals surface area contributed by atoms with Gasteiger partial charge in [0, 0.05) is 26.6 Å². The van der Waals surface area contributed by atoms with Crippen molar-refractivity contribution < 1.29 is 14.3 Å². The minimum Gasteiger partial charge on any atom is -0.383 e. The number of hydrogen-bond acceptors (Lipinski definition) is 6. The predicted molar refractivity (Wildman–Crippen MR) is 73.8 cm³/mol. The van der Waals surface area contributed by atoms with E-state index in [1.165, 1.54) is 4.90 Å². The van der Waals surface area contributed by atoms with Gasteiger partial charge in [-0.25, -0.2) is 10.4 Å².